The zero-order valence-corrected chi connectivity index (χ0v) is 10.2. The molecule has 2 heterocycles. The van der Waals surface area contributed by atoms with Crippen molar-refractivity contribution >= 4 is 5.91 Å². The molecule has 0 N–H and O–H groups in total. The van der Waals surface area contributed by atoms with Crippen LogP contribution in [-0.4, -0.2) is 15.8 Å². The van der Waals surface area contributed by atoms with Crippen molar-refractivity contribution in [3.63, 3.8) is 0 Å². The molecule has 1 aliphatic rings. The summed E-state index contributed by atoms with van der Waals surface area (Å²) in [7, 11) is 0. The molecule has 0 radical (unpaired) electrons. The van der Waals surface area contributed by atoms with Gasteiger partial charge in [-0.3, -0.25) is 9.78 Å². The van der Waals surface area contributed by atoms with Gasteiger partial charge in [-0.1, -0.05) is 12.1 Å². The third-order valence-electron chi connectivity index (χ3n) is 3.21. The maximum Gasteiger partial charge on any atom is 0.254 e. The van der Waals surface area contributed by atoms with Crippen LogP contribution in [0.1, 0.15) is 27.2 Å². The quantitative estimate of drug-likeness (QED) is 0.777. The van der Waals surface area contributed by atoms with E-state index >= 15 is 0 Å². The standard InChI is InChI=1S/C15H11N3O/c16-8-11-3-1-4-12(7-11)15(19)18-9-13-5-2-6-17-14(13)10-18/h1-7H,9-10H2. The Balaban J connectivity index is 1.85. The summed E-state index contributed by atoms with van der Waals surface area (Å²) in [6, 6.07) is 12.7. The molecule has 0 fully saturated rings. The van der Waals surface area contributed by atoms with Crippen LogP contribution in [0.5, 0.6) is 0 Å². The van der Waals surface area contributed by atoms with Gasteiger partial charge in [-0.15, -0.1) is 0 Å². The topological polar surface area (TPSA) is 57.0 Å². The van der Waals surface area contributed by atoms with E-state index in [1.807, 2.05) is 18.2 Å². The highest BCUT2D eigenvalue weighted by atomic mass is 16.2. The molecular formula is C15H11N3O. The van der Waals surface area contributed by atoms with Crippen LogP contribution in [0.15, 0.2) is 42.6 Å². The molecule has 1 aliphatic heterocycles. The van der Waals surface area contributed by atoms with E-state index in [-0.39, 0.29) is 5.91 Å². The molecule has 2 aromatic rings. The molecule has 1 aromatic heterocycles. The Kier molecular flexibility index (Phi) is 2.73. The SMILES string of the molecule is N#Cc1cccc(C(=O)N2Cc3cccnc3C2)c1. The van der Waals surface area contributed by atoms with Gasteiger partial charge in [-0.05, 0) is 29.8 Å². The molecule has 0 spiro atoms. The molecular weight excluding hydrogens is 238 g/mol. The van der Waals surface area contributed by atoms with Crippen LogP contribution in [0.3, 0.4) is 0 Å². The fourth-order valence-corrected chi connectivity index (χ4v) is 2.25. The number of carbonyl (C=O) groups is 1. The van der Waals surface area contributed by atoms with Gasteiger partial charge in [0.05, 0.1) is 23.9 Å². The minimum atomic E-state index is -0.0601. The van der Waals surface area contributed by atoms with Crippen molar-refractivity contribution < 1.29 is 4.79 Å². The number of aromatic nitrogens is 1. The number of hydrogen-bond donors (Lipinski definition) is 0. The van der Waals surface area contributed by atoms with Gasteiger partial charge in [0.15, 0.2) is 0 Å². The minimum absolute atomic E-state index is 0.0601. The van der Waals surface area contributed by atoms with Gasteiger partial charge >= 0.3 is 0 Å². The predicted octanol–water partition coefficient (Wildman–Crippen LogP) is 2.11. The number of rotatable bonds is 1. The summed E-state index contributed by atoms with van der Waals surface area (Å²) in [5.74, 6) is -0.0601. The lowest BCUT2D eigenvalue weighted by Crippen LogP contribution is -2.25. The molecule has 4 nitrogen and oxygen atoms in total. The predicted molar refractivity (Wildman–Crippen MR) is 69.0 cm³/mol. The molecule has 0 atom stereocenters. The number of nitriles is 1. The van der Waals surface area contributed by atoms with Crippen LogP contribution in [0.2, 0.25) is 0 Å². The fraction of sp³-hybridized carbons (Fsp3) is 0.133. The second-order valence-electron chi connectivity index (χ2n) is 4.46. The molecule has 92 valence electrons. The molecule has 1 amide bonds. The number of hydrogen-bond acceptors (Lipinski definition) is 3. The Morgan fingerprint density at radius 3 is 2.95 bits per heavy atom. The number of benzene rings is 1. The van der Waals surface area contributed by atoms with E-state index in [2.05, 4.69) is 4.98 Å². The Morgan fingerprint density at radius 1 is 1.26 bits per heavy atom. The Hall–Kier alpha value is -2.67. The molecule has 0 unspecified atom stereocenters. The van der Waals surface area contributed by atoms with Crippen molar-refractivity contribution in [2.75, 3.05) is 0 Å². The molecule has 0 bridgehead atoms. The summed E-state index contributed by atoms with van der Waals surface area (Å²) in [4.78, 5) is 18.4. The van der Waals surface area contributed by atoms with Crippen LogP contribution in [0, 0.1) is 11.3 Å². The Bertz CT molecular complexity index is 663. The molecule has 0 aliphatic carbocycles. The van der Waals surface area contributed by atoms with Crippen LogP contribution >= 0.6 is 0 Å². The van der Waals surface area contributed by atoms with Crippen molar-refractivity contribution in [1.29, 1.82) is 5.26 Å². The highest BCUT2D eigenvalue weighted by Crippen LogP contribution is 2.22. The molecule has 3 rings (SSSR count). The third kappa shape index (κ3) is 2.06. The van der Waals surface area contributed by atoms with Gasteiger partial charge in [-0.2, -0.15) is 5.26 Å². The first kappa shape index (κ1) is 11.4. The Morgan fingerprint density at radius 2 is 2.16 bits per heavy atom. The number of fused-ring (bicyclic) bond motifs is 1. The summed E-state index contributed by atoms with van der Waals surface area (Å²) in [6.45, 7) is 1.12. The monoisotopic (exact) mass is 249 g/mol. The highest BCUT2D eigenvalue weighted by molar-refractivity contribution is 5.94. The van der Waals surface area contributed by atoms with Crippen LogP contribution in [0.25, 0.3) is 0 Å². The zero-order chi connectivity index (χ0) is 13.2. The Labute approximate surface area is 110 Å². The summed E-state index contributed by atoms with van der Waals surface area (Å²) in [6.07, 6.45) is 1.74. The average molecular weight is 249 g/mol. The lowest BCUT2D eigenvalue weighted by molar-refractivity contribution is 0.0750. The van der Waals surface area contributed by atoms with Gasteiger partial charge < -0.3 is 4.90 Å². The van der Waals surface area contributed by atoms with E-state index in [0.717, 1.165) is 11.3 Å². The van der Waals surface area contributed by atoms with Crippen molar-refractivity contribution in [3.8, 4) is 6.07 Å². The van der Waals surface area contributed by atoms with Gasteiger partial charge in [0.2, 0.25) is 0 Å². The molecule has 1 aromatic carbocycles. The van der Waals surface area contributed by atoms with E-state index < -0.39 is 0 Å². The second-order valence-corrected chi connectivity index (χ2v) is 4.46. The molecule has 4 heteroatoms. The summed E-state index contributed by atoms with van der Waals surface area (Å²) < 4.78 is 0. The first-order valence-electron chi connectivity index (χ1n) is 6.00. The van der Waals surface area contributed by atoms with Gasteiger partial charge in [0.25, 0.3) is 5.91 Å². The number of carbonyl (C=O) groups excluding carboxylic acids is 1. The minimum Gasteiger partial charge on any atom is -0.328 e. The summed E-state index contributed by atoms with van der Waals surface area (Å²) in [5.41, 5.74) is 3.09. The fourth-order valence-electron chi connectivity index (χ4n) is 2.25. The van der Waals surface area contributed by atoms with Crippen molar-refractivity contribution in [2.24, 2.45) is 0 Å². The van der Waals surface area contributed by atoms with Crippen LogP contribution in [0.4, 0.5) is 0 Å². The van der Waals surface area contributed by atoms with Gasteiger partial charge in [0, 0.05) is 18.3 Å². The van der Waals surface area contributed by atoms with Crippen molar-refractivity contribution in [1.82, 2.24) is 9.88 Å². The molecule has 0 saturated carbocycles. The molecule has 19 heavy (non-hydrogen) atoms. The van der Waals surface area contributed by atoms with E-state index in [9.17, 15) is 4.79 Å². The summed E-state index contributed by atoms with van der Waals surface area (Å²) >= 11 is 0. The van der Waals surface area contributed by atoms with E-state index in [4.69, 9.17) is 5.26 Å². The van der Waals surface area contributed by atoms with E-state index in [0.29, 0.717) is 24.2 Å². The lowest BCUT2D eigenvalue weighted by atomic mass is 10.1. The maximum absolute atomic E-state index is 12.4. The maximum atomic E-state index is 12.4. The first-order valence-corrected chi connectivity index (χ1v) is 6.00. The zero-order valence-electron chi connectivity index (χ0n) is 10.2. The van der Waals surface area contributed by atoms with Gasteiger partial charge in [-0.25, -0.2) is 0 Å². The molecule has 0 saturated heterocycles. The smallest absolute Gasteiger partial charge is 0.254 e. The normalized spacial score (nSPS) is 12.9. The third-order valence-corrected chi connectivity index (χ3v) is 3.21. The van der Waals surface area contributed by atoms with Crippen molar-refractivity contribution in [3.05, 3.63) is 65.0 Å². The number of pyridine rings is 1. The first-order chi connectivity index (χ1) is 9.28. The van der Waals surface area contributed by atoms with Crippen molar-refractivity contribution in [2.45, 2.75) is 13.1 Å². The van der Waals surface area contributed by atoms with Crippen LogP contribution in [-0.2, 0) is 13.1 Å². The number of nitrogens with zero attached hydrogens (tertiary/aromatic N) is 3. The lowest BCUT2D eigenvalue weighted by Gasteiger charge is -2.15. The number of amides is 1. The highest BCUT2D eigenvalue weighted by Gasteiger charge is 2.24. The summed E-state index contributed by atoms with van der Waals surface area (Å²) in [5, 5.41) is 8.87. The average Bonchev–Trinajstić information content (AvgIpc) is 2.90. The van der Waals surface area contributed by atoms with E-state index in [1.165, 1.54) is 0 Å². The van der Waals surface area contributed by atoms with E-state index in [1.54, 1.807) is 35.4 Å². The largest absolute Gasteiger partial charge is 0.328 e. The van der Waals surface area contributed by atoms with Crippen LogP contribution < -0.4 is 0 Å². The second kappa shape index (κ2) is 4.54. The van der Waals surface area contributed by atoms with Gasteiger partial charge in [0.1, 0.15) is 0 Å².